The van der Waals surface area contributed by atoms with Gasteiger partial charge in [-0.2, -0.15) is 11.8 Å². The summed E-state index contributed by atoms with van der Waals surface area (Å²) in [6.45, 7) is 6.86. The van der Waals surface area contributed by atoms with Gasteiger partial charge in [0.15, 0.2) is 0 Å². The quantitative estimate of drug-likeness (QED) is 0.773. The summed E-state index contributed by atoms with van der Waals surface area (Å²) in [5.41, 5.74) is 1.09. The van der Waals surface area contributed by atoms with Gasteiger partial charge in [-0.25, -0.2) is 13.1 Å². The molecule has 0 aliphatic carbocycles. The van der Waals surface area contributed by atoms with E-state index in [1.807, 2.05) is 32.2 Å². The number of hydrogen-bond acceptors (Lipinski definition) is 4. The number of benzene rings is 1. The van der Waals surface area contributed by atoms with Crippen molar-refractivity contribution in [1.82, 2.24) is 10.0 Å². The maximum atomic E-state index is 12.2. The molecule has 0 saturated carbocycles. The molecule has 0 fully saturated rings. The van der Waals surface area contributed by atoms with Crippen LogP contribution in [0.3, 0.4) is 0 Å². The maximum absolute atomic E-state index is 12.2. The van der Waals surface area contributed by atoms with Crippen molar-refractivity contribution in [3.05, 3.63) is 29.8 Å². The van der Waals surface area contributed by atoms with Crippen LogP contribution < -0.4 is 10.0 Å². The molecule has 0 aliphatic rings. The predicted molar refractivity (Wildman–Crippen MR) is 86.7 cm³/mol. The molecule has 0 saturated heterocycles. The van der Waals surface area contributed by atoms with Gasteiger partial charge >= 0.3 is 0 Å². The zero-order valence-corrected chi connectivity index (χ0v) is 14.1. The lowest BCUT2D eigenvalue weighted by atomic mass is 10.1. The fraction of sp³-hybridized carbons (Fsp3) is 0.571. The zero-order valence-electron chi connectivity index (χ0n) is 12.5. The highest BCUT2D eigenvalue weighted by Crippen LogP contribution is 2.16. The number of hydrogen-bond donors (Lipinski definition) is 2. The van der Waals surface area contributed by atoms with Crippen LogP contribution in [0.25, 0.3) is 0 Å². The number of nitrogens with one attached hydrogen (secondary N) is 2. The van der Waals surface area contributed by atoms with Gasteiger partial charge in [0.1, 0.15) is 0 Å². The predicted octanol–water partition coefficient (Wildman–Crippen LogP) is 2.39. The smallest absolute Gasteiger partial charge is 0.240 e. The van der Waals surface area contributed by atoms with Gasteiger partial charge in [-0.1, -0.05) is 19.1 Å². The van der Waals surface area contributed by atoms with Gasteiger partial charge in [0, 0.05) is 17.8 Å². The summed E-state index contributed by atoms with van der Waals surface area (Å²) in [6.07, 6.45) is 1.96. The first-order valence-corrected chi connectivity index (χ1v) is 9.63. The maximum Gasteiger partial charge on any atom is 0.240 e. The topological polar surface area (TPSA) is 58.2 Å². The van der Waals surface area contributed by atoms with E-state index in [4.69, 9.17) is 0 Å². The summed E-state index contributed by atoms with van der Waals surface area (Å²) < 4.78 is 27.1. The Labute approximate surface area is 126 Å². The van der Waals surface area contributed by atoms with Crippen molar-refractivity contribution in [3.8, 4) is 0 Å². The SMILES string of the molecule is CCNC(C)c1ccc(S(=O)(=O)NC(C)CSC)cc1. The minimum Gasteiger partial charge on any atom is -0.310 e. The highest BCUT2D eigenvalue weighted by Gasteiger charge is 2.17. The molecule has 0 spiro atoms. The van der Waals surface area contributed by atoms with E-state index in [-0.39, 0.29) is 12.1 Å². The minimum atomic E-state index is -3.42. The van der Waals surface area contributed by atoms with E-state index >= 15 is 0 Å². The summed E-state index contributed by atoms with van der Waals surface area (Å²) in [5.74, 6) is 0.759. The molecular formula is C14H24N2O2S2. The minimum absolute atomic E-state index is 0.0737. The summed E-state index contributed by atoms with van der Waals surface area (Å²) in [5, 5.41) is 3.30. The first-order valence-electron chi connectivity index (χ1n) is 6.75. The monoisotopic (exact) mass is 316 g/mol. The van der Waals surface area contributed by atoms with Gasteiger partial charge in [-0.3, -0.25) is 0 Å². The fourth-order valence-corrected chi connectivity index (χ4v) is 3.91. The Bertz CT molecular complexity index is 500. The van der Waals surface area contributed by atoms with Crippen molar-refractivity contribution in [2.24, 2.45) is 0 Å². The molecule has 0 amide bonds. The fourth-order valence-electron chi connectivity index (χ4n) is 1.98. The molecule has 114 valence electrons. The third-order valence-corrected chi connectivity index (χ3v) is 5.41. The molecule has 6 heteroatoms. The average molecular weight is 316 g/mol. The van der Waals surface area contributed by atoms with Gasteiger partial charge in [-0.15, -0.1) is 0 Å². The zero-order chi connectivity index (χ0) is 15.2. The lowest BCUT2D eigenvalue weighted by Gasteiger charge is -2.15. The summed E-state index contributed by atoms with van der Waals surface area (Å²) in [6, 6.07) is 7.20. The van der Waals surface area contributed by atoms with Crippen LogP contribution in [-0.4, -0.2) is 33.0 Å². The second-order valence-corrected chi connectivity index (χ2v) is 7.45. The Balaban J connectivity index is 2.81. The molecule has 1 aromatic rings. The Kier molecular flexibility index (Phi) is 7.02. The molecule has 0 heterocycles. The lowest BCUT2D eigenvalue weighted by Crippen LogP contribution is -2.34. The molecule has 0 bridgehead atoms. The second kappa shape index (κ2) is 8.02. The molecule has 2 atom stereocenters. The van der Waals surface area contributed by atoms with E-state index in [0.717, 1.165) is 17.9 Å². The van der Waals surface area contributed by atoms with E-state index in [2.05, 4.69) is 17.0 Å². The molecule has 0 radical (unpaired) electrons. The van der Waals surface area contributed by atoms with Crippen molar-refractivity contribution in [3.63, 3.8) is 0 Å². The summed E-state index contributed by atoms with van der Waals surface area (Å²) >= 11 is 1.62. The third kappa shape index (κ3) is 5.09. The Morgan fingerprint density at radius 3 is 2.30 bits per heavy atom. The van der Waals surface area contributed by atoms with Crippen molar-refractivity contribution in [1.29, 1.82) is 0 Å². The second-order valence-electron chi connectivity index (χ2n) is 4.83. The van der Waals surface area contributed by atoms with Crippen LogP contribution in [0, 0.1) is 0 Å². The molecule has 2 unspecified atom stereocenters. The summed E-state index contributed by atoms with van der Waals surface area (Å²) in [7, 11) is -3.42. The largest absolute Gasteiger partial charge is 0.310 e. The van der Waals surface area contributed by atoms with Gasteiger partial charge in [0.25, 0.3) is 0 Å². The molecule has 2 N–H and O–H groups in total. The van der Waals surface area contributed by atoms with Gasteiger partial charge in [0.2, 0.25) is 10.0 Å². The van der Waals surface area contributed by atoms with E-state index in [1.54, 1.807) is 23.9 Å². The van der Waals surface area contributed by atoms with Gasteiger partial charge < -0.3 is 5.32 Å². The van der Waals surface area contributed by atoms with Crippen LogP contribution in [-0.2, 0) is 10.0 Å². The number of thioether (sulfide) groups is 1. The molecule has 1 aromatic carbocycles. The third-order valence-electron chi connectivity index (χ3n) is 2.97. The highest BCUT2D eigenvalue weighted by molar-refractivity contribution is 7.98. The first-order chi connectivity index (χ1) is 9.40. The van der Waals surface area contributed by atoms with E-state index in [0.29, 0.717) is 4.90 Å². The van der Waals surface area contributed by atoms with Crippen LogP contribution in [0.4, 0.5) is 0 Å². The van der Waals surface area contributed by atoms with Gasteiger partial charge in [-0.05, 0) is 44.3 Å². The average Bonchev–Trinajstić information content (AvgIpc) is 2.39. The van der Waals surface area contributed by atoms with Crippen molar-refractivity contribution < 1.29 is 8.42 Å². The first kappa shape index (κ1) is 17.5. The standard InChI is InChI=1S/C14H24N2O2S2/c1-5-15-12(3)13-6-8-14(9-7-13)20(17,18)16-11(2)10-19-4/h6-9,11-12,15-16H,5,10H2,1-4H3. The molecule has 0 aliphatic heterocycles. The van der Waals surface area contributed by atoms with Crippen LogP contribution in [0.2, 0.25) is 0 Å². The van der Waals surface area contributed by atoms with Crippen LogP contribution in [0.15, 0.2) is 29.2 Å². The Morgan fingerprint density at radius 2 is 1.80 bits per heavy atom. The van der Waals surface area contributed by atoms with Crippen molar-refractivity contribution in [2.75, 3.05) is 18.6 Å². The molecule has 4 nitrogen and oxygen atoms in total. The van der Waals surface area contributed by atoms with E-state index in [9.17, 15) is 8.42 Å². The summed E-state index contributed by atoms with van der Waals surface area (Å²) in [4.78, 5) is 0.318. The Hall–Kier alpha value is -0.560. The van der Waals surface area contributed by atoms with E-state index in [1.165, 1.54) is 0 Å². The van der Waals surface area contributed by atoms with Crippen molar-refractivity contribution in [2.45, 2.75) is 37.8 Å². The molecule has 20 heavy (non-hydrogen) atoms. The van der Waals surface area contributed by atoms with Crippen LogP contribution in [0.1, 0.15) is 32.4 Å². The van der Waals surface area contributed by atoms with Gasteiger partial charge in [0.05, 0.1) is 4.90 Å². The molecule has 0 aromatic heterocycles. The molecule has 1 rings (SSSR count). The normalized spacial score (nSPS) is 15.0. The van der Waals surface area contributed by atoms with Crippen LogP contribution in [0.5, 0.6) is 0 Å². The van der Waals surface area contributed by atoms with E-state index < -0.39 is 10.0 Å². The lowest BCUT2D eigenvalue weighted by molar-refractivity contribution is 0.570. The van der Waals surface area contributed by atoms with Crippen molar-refractivity contribution >= 4 is 21.8 Å². The molecular weight excluding hydrogens is 292 g/mol. The highest BCUT2D eigenvalue weighted by atomic mass is 32.2. The Morgan fingerprint density at radius 1 is 1.20 bits per heavy atom. The number of rotatable bonds is 8. The number of sulfonamides is 1. The van der Waals surface area contributed by atoms with Crippen LogP contribution >= 0.6 is 11.8 Å².